The van der Waals surface area contributed by atoms with E-state index in [1.807, 2.05) is 0 Å². The Morgan fingerprint density at radius 2 is 1.88 bits per heavy atom. The van der Waals surface area contributed by atoms with Gasteiger partial charge in [0.15, 0.2) is 0 Å². The number of nitrogens with zero attached hydrogens (tertiary/aromatic N) is 2. The summed E-state index contributed by atoms with van der Waals surface area (Å²) in [5.41, 5.74) is -0.845. The molecule has 0 saturated heterocycles. The van der Waals surface area contributed by atoms with E-state index in [1.54, 1.807) is 0 Å². The van der Waals surface area contributed by atoms with Crippen molar-refractivity contribution < 1.29 is 17.7 Å². The van der Waals surface area contributed by atoms with Crippen molar-refractivity contribution in [2.24, 2.45) is 0 Å². The van der Waals surface area contributed by atoms with Gasteiger partial charge in [0.05, 0.1) is 5.56 Å². The standard InChI is InChI=1S/C10H7F3N2O/c1-6-14-9(15-16-6)7-4-2-3-5-8(7)10(11,12)13/h2-5H,1H3. The molecule has 0 aliphatic rings. The second kappa shape index (κ2) is 3.62. The van der Waals surface area contributed by atoms with Crippen LogP contribution in [0.4, 0.5) is 13.2 Å². The highest BCUT2D eigenvalue weighted by atomic mass is 19.4. The van der Waals surface area contributed by atoms with Crippen LogP contribution in [0.1, 0.15) is 11.5 Å². The van der Waals surface area contributed by atoms with Crippen molar-refractivity contribution in [3.63, 3.8) is 0 Å². The zero-order chi connectivity index (χ0) is 11.8. The quantitative estimate of drug-likeness (QED) is 0.752. The zero-order valence-electron chi connectivity index (χ0n) is 8.25. The minimum Gasteiger partial charge on any atom is -0.339 e. The third-order valence-electron chi connectivity index (χ3n) is 2.00. The van der Waals surface area contributed by atoms with Gasteiger partial charge < -0.3 is 4.52 Å². The highest BCUT2D eigenvalue weighted by molar-refractivity contribution is 5.60. The number of hydrogen-bond acceptors (Lipinski definition) is 3. The van der Waals surface area contributed by atoms with Crippen LogP contribution in [-0.2, 0) is 6.18 Å². The van der Waals surface area contributed by atoms with Gasteiger partial charge in [0.2, 0.25) is 11.7 Å². The number of halogens is 3. The molecule has 0 saturated carbocycles. The molecule has 3 nitrogen and oxygen atoms in total. The lowest BCUT2D eigenvalue weighted by atomic mass is 10.1. The predicted octanol–water partition coefficient (Wildman–Crippen LogP) is 3.06. The minimum absolute atomic E-state index is 0.0505. The highest BCUT2D eigenvalue weighted by Crippen LogP contribution is 2.35. The van der Waals surface area contributed by atoms with Crippen molar-refractivity contribution in [2.45, 2.75) is 13.1 Å². The summed E-state index contributed by atoms with van der Waals surface area (Å²) < 4.78 is 42.6. The fraction of sp³-hybridized carbons (Fsp3) is 0.200. The Morgan fingerprint density at radius 1 is 1.19 bits per heavy atom. The summed E-state index contributed by atoms with van der Waals surface area (Å²) in [7, 11) is 0. The summed E-state index contributed by atoms with van der Waals surface area (Å²) in [6.45, 7) is 1.52. The summed E-state index contributed by atoms with van der Waals surface area (Å²) in [6, 6.07) is 5.11. The molecule has 0 fully saturated rings. The minimum atomic E-state index is -4.43. The van der Waals surface area contributed by atoms with Crippen LogP contribution in [0.25, 0.3) is 11.4 Å². The number of benzene rings is 1. The van der Waals surface area contributed by atoms with Gasteiger partial charge in [-0.2, -0.15) is 18.2 Å². The molecule has 0 aliphatic heterocycles. The average molecular weight is 228 g/mol. The Balaban J connectivity index is 2.57. The van der Waals surface area contributed by atoms with E-state index in [9.17, 15) is 13.2 Å². The van der Waals surface area contributed by atoms with E-state index >= 15 is 0 Å². The van der Waals surface area contributed by atoms with Gasteiger partial charge in [0.1, 0.15) is 0 Å². The molecule has 6 heteroatoms. The molecule has 16 heavy (non-hydrogen) atoms. The van der Waals surface area contributed by atoms with Crippen molar-refractivity contribution >= 4 is 0 Å². The van der Waals surface area contributed by atoms with Crippen LogP contribution in [0.5, 0.6) is 0 Å². The molecule has 1 aromatic heterocycles. The highest BCUT2D eigenvalue weighted by Gasteiger charge is 2.34. The van der Waals surface area contributed by atoms with Gasteiger partial charge in [-0.1, -0.05) is 23.4 Å². The Hall–Kier alpha value is -1.85. The summed E-state index contributed by atoms with van der Waals surface area (Å²) in [6.07, 6.45) is -4.43. The first-order chi connectivity index (χ1) is 7.48. The molecule has 1 heterocycles. The van der Waals surface area contributed by atoms with E-state index in [4.69, 9.17) is 0 Å². The number of aromatic nitrogens is 2. The topological polar surface area (TPSA) is 38.9 Å². The van der Waals surface area contributed by atoms with Gasteiger partial charge in [-0.25, -0.2) is 0 Å². The molecule has 0 amide bonds. The molecule has 2 aromatic rings. The van der Waals surface area contributed by atoms with Gasteiger partial charge in [-0.15, -0.1) is 0 Å². The summed E-state index contributed by atoms with van der Waals surface area (Å²) in [5, 5.41) is 3.47. The van der Waals surface area contributed by atoms with Crippen molar-refractivity contribution in [1.82, 2.24) is 10.1 Å². The summed E-state index contributed by atoms with van der Waals surface area (Å²) in [4.78, 5) is 3.78. The maximum absolute atomic E-state index is 12.7. The molecule has 0 bridgehead atoms. The van der Waals surface area contributed by atoms with Crippen molar-refractivity contribution in [2.75, 3.05) is 0 Å². The molecular formula is C10H7F3N2O. The van der Waals surface area contributed by atoms with Gasteiger partial charge >= 0.3 is 6.18 Å². The van der Waals surface area contributed by atoms with Gasteiger partial charge in [-0.3, -0.25) is 0 Å². The second-order valence-electron chi connectivity index (χ2n) is 3.18. The predicted molar refractivity (Wildman–Crippen MR) is 49.5 cm³/mol. The molecule has 0 N–H and O–H groups in total. The second-order valence-corrected chi connectivity index (χ2v) is 3.18. The number of alkyl halides is 3. The first kappa shape index (κ1) is 10.7. The van der Waals surface area contributed by atoms with E-state index in [2.05, 4.69) is 14.7 Å². The Kier molecular flexibility index (Phi) is 2.41. The third kappa shape index (κ3) is 1.91. The Morgan fingerprint density at radius 3 is 2.44 bits per heavy atom. The lowest BCUT2D eigenvalue weighted by Crippen LogP contribution is -2.07. The van der Waals surface area contributed by atoms with Crippen LogP contribution in [0.15, 0.2) is 28.8 Å². The Labute approximate surface area is 88.9 Å². The van der Waals surface area contributed by atoms with Gasteiger partial charge in [-0.05, 0) is 6.07 Å². The van der Waals surface area contributed by atoms with E-state index in [0.29, 0.717) is 0 Å². The molecule has 0 atom stereocenters. The fourth-order valence-corrected chi connectivity index (χ4v) is 1.33. The van der Waals surface area contributed by atoms with Gasteiger partial charge in [0.25, 0.3) is 0 Å². The summed E-state index contributed by atoms with van der Waals surface area (Å²) in [5.74, 6) is 0.178. The molecule has 0 aliphatic carbocycles. The normalized spacial score (nSPS) is 11.8. The Bertz CT molecular complexity index is 505. The lowest BCUT2D eigenvalue weighted by molar-refractivity contribution is -0.137. The fourth-order valence-electron chi connectivity index (χ4n) is 1.33. The van der Waals surface area contributed by atoms with E-state index < -0.39 is 11.7 Å². The molecule has 0 spiro atoms. The van der Waals surface area contributed by atoms with E-state index in [0.717, 1.165) is 6.07 Å². The van der Waals surface area contributed by atoms with Crippen molar-refractivity contribution in [3.05, 3.63) is 35.7 Å². The van der Waals surface area contributed by atoms with E-state index in [1.165, 1.54) is 25.1 Å². The average Bonchev–Trinajstić information content (AvgIpc) is 2.64. The van der Waals surface area contributed by atoms with Crippen molar-refractivity contribution in [3.8, 4) is 11.4 Å². The third-order valence-corrected chi connectivity index (χ3v) is 2.00. The van der Waals surface area contributed by atoms with Crippen LogP contribution >= 0.6 is 0 Å². The van der Waals surface area contributed by atoms with Crippen LogP contribution in [-0.4, -0.2) is 10.1 Å². The van der Waals surface area contributed by atoms with Gasteiger partial charge in [0, 0.05) is 12.5 Å². The van der Waals surface area contributed by atoms with E-state index in [-0.39, 0.29) is 17.3 Å². The maximum atomic E-state index is 12.7. The largest absolute Gasteiger partial charge is 0.417 e. The molecule has 1 aromatic carbocycles. The number of hydrogen-bond donors (Lipinski definition) is 0. The van der Waals surface area contributed by atoms with Crippen LogP contribution in [0.2, 0.25) is 0 Å². The maximum Gasteiger partial charge on any atom is 0.417 e. The zero-order valence-corrected chi connectivity index (χ0v) is 8.25. The molecule has 2 rings (SSSR count). The molecule has 0 unspecified atom stereocenters. The van der Waals surface area contributed by atoms with Crippen molar-refractivity contribution in [1.29, 1.82) is 0 Å². The van der Waals surface area contributed by atoms with Crippen LogP contribution in [0.3, 0.4) is 0 Å². The van der Waals surface area contributed by atoms with Crippen LogP contribution < -0.4 is 0 Å². The first-order valence-electron chi connectivity index (χ1n) is 4.45. The number of rotatable bonds is 1. The van der Waals surface area contributed by atoms with Crippen LogP contribution in [0, 0.1) is 6.92 Å². The lowest BCUT2D eigenvalue weighted by Gasteiger charge is -2.09. The molecular weight excluding hydrogens is 221 g/mol. The monoisotopic (exact) mass is 228 g/mol. The summed E-state index contributed by atoms with van der Waals surface area (Å²) >= 11 is 0. The SMILES string of the molecule is Cc1nc(-c2ccccc2C(F)(F)F)no1. The first-order valence-corrected chi connectivity index (χ1v) is 4.45. The smallest absolute Gasteiger partial charge is 0.339 e. The molecule has 0 radical (unpaired) electrons. The number of aryl methyl sites for hydroxylation is 1. The molecule has 84 valence electrons.